The highest BCUT2D eigenvalue weighted by Crippen LogP contribution is 2.39. The second-order valence-corrected chi connectivity index (χ2v) is 4.12. The number of halogens is 1. The Hall–Kier alpha value is -1.58. The van der Waals surface area contributed by atoms with Gasteiger partial charge in [-0.05, 0) is 19.4 Å². The molecule has 0 saturated heterocycles. The fourth-order valence-electron chi connectivity index (χ4n) is 2.15. The predicted octanol–water partition coefficient (Wildman–Crippen LogP) is 2.56. The lowest BCUT2D eigenvalue weighted by molar-refractivity contribution is -0.137. The minimum Gasteiger partial charge on any atom is -0.487 e. The third-order valence-corrected chi connectivity index (χ3v) is 2.79. The SMILES string of the molecule is CC1CC(CC(=O)O)c2cccc(F)c2O1. The maximum Gasteiger partial charge on any atom is 0.303 e. The van der Waals surface area contributed by atoms with E-state index in [1.54, 1.807) is 12.1 Å². The van der Waals surface area contributed by atoms with Crippen molar-refractivity contribution in [3.63, 3.8) is 0 Å². The van der Waals surface area contributed by atoms with Crippen LogP contribution in [0.2, 0.25) is 0 Å². The molecule has 86 valence electrons. The molecular weight excluding hydrogens is 211 g/mol. The Kier molecular flexibility index (Phi) is 2.81. The number of hydrogen-bond acceptors (Lipinski definition) is 2. The van der Waals surface area contributed by atoms with Crippen molar-refractivity contribution in [2.45, 2.75) is 31.8 Å². The van der Waals surface area contributed by atoms with E-state index >= 15 is 0 Å². The van der Waals surface area contributed by atoms with E-state index in [0.29, 0.717) is 12.0 Å². The average Bonchev–Trinajstić information content (AvgIpc) is 2.18. The van der Waals surface area contributed by atoms with Crippen molar-refractivity contribution in [1.82, 2.24) is 0 Å². The first-order valence-corrected chi connectivity index (χ1v) is 5.24. The molecule has 2 atom stereocenters. The first-order chi connectivity index (χ1) is 7.58. The molecule has 1 aliphatic rings. The molecule has 0 bridgehead atoms. The number of para-hydroxylation sites is 1. The number of hydrogen-bond donors (Lipinski definition) is 1. The van der Waals surface area contributed by atoms with E-state index in [2.05, 4.69) is 0 Å². The zero-order valence-corrected chi connectivity index (χ0v) is 8.94. The third kappa shape index (κ3) is 2.01. The van der Waals surface area contributed by atoms with Gasteiger partial charge >= 0.3 is 5.97 Å². The van der Waals surface area contributed by atoms with Crippen LogP contribution in [0.5, 0.6) is 5.75 Å². The number of carboxylic acids is 1. The number of rotatable bonds is 2. The summed E-state index contributed by atoms with van der Waals surface area (Å²) < 4.78 is 18.9. The lowest BCUT2D eigenvalue weighted by Crippen LogP contribution is -2.25. The highest BCUT2D eigenvalue weighted by molar-refractivity contribution is 5.68. The van der Waals surface area contributed by atoms with Crippen LogP contribution < -0.4 is 4.74 Å². The van der Waals surface area contributed by atoms with Crippen molar-refractivity contribution >= 4 is 5.97 Å². The molecule has 1 aromatic carbocycles. The fourth-order valence-corrected chi connectivity index (χ4v) is 2.15. The van der Waals surface area contributed by atoms with Gasteiger partial charge in [0.1, 0.15) is 0 Å². The zero-order chi connectivity index (χ0) is 11.7. The van der Waals surface area contributed by atoms with E-state index in [-0.39, 0.29) is 24.2 Å². The van der Waals surface area contributed by atoms with Gasteiger partial charge in [0.2, 0.25) is 0 Å². The molecule has 1 heterocycles. The summed E-state index contributed by atoms with van der Waals surface area (Å²) in [5.74, 6) is -1.23. The summed E-state index contributed by atoms with van der Waals surface area (Å²) in [7, 11) is 0. The van der Waals surface area contributed by atoms with Gasteiger partial charge in [-0.25, -0.2) is 4.39 Å². The second-order valence-electron chi connectivity index (χ2n) is 4.12. The summed E-state index contributed by atoms with van der Waals surface area (Å²) in [5, 5.41) is 8.81. The largest absolute Gasteiger partial charge is 0.487 e. The van der Waals surface area contributed by atoms with E-state index in [1.807, 2.05) is 6.92 Å². The molecule has 0 amide bonds. The molecule has 2 unspecified atom stereocenters. The molecule has 16 heavy (non-hydrogen) atoms. The normalized spacial score (nSPS) is 23.4. The van der Waals surface area contributed by atoms with Crippen LogP contribution in [0.3, 0.4) is 0 Å². The van der Waals surface area contributed by atoms with Gasteiger partial charge < -0.3 is 9.84 Å². The second kappa shape index (κ2) is 4.12. The van der Waals surface area contributed by atoms with Crippen molar-refractivity contribution in [1.29, 1.82) is 0 Å². The van der Waals surface area contributed by atoms with E-state index < -0.39 is 11.8 Å². The van der Waals surface area contributed by atoms with E-state index in [1.165, 1.54) is 6.07 Å². The highest BCUT2D eigenvalue weighted by Gasteiger charge is 2.29. The predicted molar refractivity (Wildman–Crippen MR) is 56.1 cm³/mol. The molecular formula is C12H13FO3. The molecule has 0 fully saturated rings. The van der Waals surface area contributed by atoms with Gasteiger partial charge in [-0.3, -0.25) is 4.79 Å². The maximum absolute atomic E-state index is 13.5. The molecule has 1 N–H and O–H groups in total. The van der Waals surface area contributed by atoms with Crippen molar-refractivity contribution in [2.24, 2.45) is 0 Å². The summed E-state index contributed by atoms with van der Waals surface area (Å²) in [6.07, 6.45) is 0.487. The number of carboxylic acid groups (broad SMARTS) is 1. The number of carbonyl (C=O) groups is 1. The Morgan fingerprint density at radius 1 is 1.62 bits per heavy atom. The minimum absolute atomic E-state index is 0.0180. The monoisotopic (exact) mass is 224 g/mol. The summed E-state index contributed by atoms with van der Waals surface area (Å²) in [6, 6.07) is 4.65. The fraction of sp³-hybridized carbons (Fsp3) is 0.417. The molecule has 3 nitrogen and oxygen atoms in total. The van der Waals surface area contributed by atoms with Crippen LogP contribution in [0.25, 0.3) is 0 Å². The minimum atomic E-state index is -0.866. The maximum atomic E-state index is 13.5. The average molecular weight is 224 g/mol. The van der Waals surface area contributed by atoms with Gasteiger partial charge in [0.25, 0.3) is 0 Å². The third-order valence-electron chi connectivity index (χ3n) is 2.79. The lowest BCUT2D eigenvalue weighted by atomic mass is 9.87. The molecule has 0 aliphatic carbocycles. The van der Waals surface area contributed by atoms with Crippen LogP contribution in [-0.4, -0.2) is 17.2 Å². The van der Waals surface area contributed by atoms with Crippen LogP contribution >= 0.6 is 0 Å². The van der Waals surface area contributed by atoms with Gasteiger partial charge in [-0.15, -0.1) is 0 Å². The quantitative estimate of drug-likeness (QED) is 0.839. The molecule has 4 heteroatoms. The molecule has 1 aromatic rings. The number of fused-ring (bicyclic) bond motifs is 1. The Labute approximate surface area is 92.9 Å². The van der Waals surface area contributed by atoms with E-state index in [4.69, 9.17) is 9.84 Å². The van der Waals surface area contributed by atoms with Crippen LogP contribution in [0.1, 0.15) is 31.2 Å². The van der Waals surface area contributed by atoms with Crippen molar-refractivity contribution < 1.29 is 19.0 Å². The Morgan fingerprint density at radius 3 is 3.06 bits per heavy atom. The van der Waals surface area contributed by atoms with Crippen molar-refractivity contribution in [3.8, 4) is 5.75 Å². The van der Waals surface area contributed by atoms with Gasteiger partial charge in [0, 0.05) is 11.5 Å². The summed E-state index contributed by atoms with van der Waals surface area (Å²) in [6.45, 7) is 1.82. The Bertz CT molecular complexity index is 417. The lowest BCUT2D eigenvalue weighted by Gasteiger charge is -2.29. The van der Waals surface area contributed by atoms with Gasteiger partial charge in [-0.1, -0.05) is 12.1 Å². The van der Waals surface area contributed by atoms with Gasteiger partial charge in [-0.2, -0.15) is 0 Å². The summed E-state index contributed by atoms with van der Waals surface area (Å²) in [4.78, 5) is 10.7. The molecule has 0 aromatic heterocycles. The van der Waals surface area contributed by atoms with Crippen LogP contribution in [-0.2, 0) is 4.79 Å². The number of ether oxygens (including phenoxy) is 1. The van der Waals surface area contributed by atoms with Crippen LogP contribution in [0.15, 0.2) is 18.2 Å². The van der Waals surface area contributed by atoms with Gasteiger partial charge in [0.05, 0.1) is 12.5 Å². The summed E-state index contributed by atoms with van der Waals surface area (Å²) >= 11 is 0. The first kappa shape index (κ1) is 10.9. The molecule has 0 spiro atoms. The topological polar surface area (TPSA) is 46.5 Å². The molecule has 0 radical (unpaired) electrons. The highest BCUT2D eigenvalue weighted by atomic mass is 19.1. The molecule has 0 saturated carbocycles. The zero-order valence-electron chi connectivity index (χ0n) is 8.94. The first-order valence-electron chi connectivity index (χ1n) is 5.24. The molecule has 1 aliphatic heterocycles. The Balaban J connectivity index is 2.38. The number of benzene rings is 1. The smallest absolute Gasteiger partial charge is 0.303 e. The van der Waals surface area contributed by atoms with E-state index in [9.17, 15) is 9.18 Å². The van der Waals surface area contributed by atoms with Crippen molar-refractivity contribution in [3.05, 3.63) is 29.6 Å². The Morgan fingerprint density at radius 2 is 2.38 bits per heavy atom. The standard InChI is InChI=1S/C12H13FO3/c1-7-5-8(6-11(14)15)9-3-2-4-10(13)12(9)16-7/h2-4,7-8H,5-6H2,1H3,(H,14,15). The van der Waals surface area contributed by atoms with Gasteiger partial charge in [0.15, 0.2) is 11.6 Å². The summed E-state index contributed by atoms with van der Waals surface area (Å²) in [5.41, 5.74) is 0.667. The van der Waals surface area contributed by atoms with Crippen molar-refractivity contribution in [2.75, 3.05) is 0 Å². The van der Waals surface area contributed by atoms with Crippen LogP contribution in [0, 0.1) is 5.82 Å². The van der Waals surface area contributed by atoms with E-state index in [0.717, 1.165) is 0 Å². The number of aliphatic carboxylic acids is 1. The molecule has 2 rings (SSSR count). The van der Waals surface area contributed by atoms with Crippen LogP contribution in [0.4, 0.5) is 4.39 Å².